The number of carbonyl (C=O) groups excluding carboxylic acids is 1. The highest BCUT2D eigenvalue weighted by Crippen LogP contribution is 2.34. The number of para-hydroxylation sites is 1. The molecule has 28 heavy (non-hydrogen) atoms. The molecule has 2 fully saturated rings. The van der Waals surface area contributed by atoms with Crippen LogP contribution in [0.3, 0.4) is 0 Å². The summed E-state index contributed by atoms with van der Waals surface area (Å²) in [7, 11) is 0. The number of aromatic nitrogens is 3. The number of rotatable bonds is 5. The van der Waals surface area contributed by atoms with E-state index in [9.17, 15) is 4.79 Å². The Labute approximate surface area is 162 Å². The molecule has 1 aliphatic heterocycles. The Bertz CT molecular complexity index is 984. The Hall–Kier alpha value is -3.22. The van der Waals surface area contributed by atoms with Gasteiger partial charge in [-0.1, -0.05) is 17.3 Å². The van der Waals surface area contributed by atoms with Gasteiger partial charge in [-0.2, -0.15) is 4.98 Å². The zero-order chi connectivity index (χ0) is 18.9. The molecule has 2 aromatic heterocycles. The van der Waals surface area contributed by atoms with Gasteiger partial charge in [0.15, 0.2) is 0 Å². The lowest BCUT2D eigenvalue weighted by Gasteiger charge is -2.18. The molecule has 0 bridgehead atoms. The summed E-state index contributed by atoms with van der Waals surface area (Å²) in [5, 5.41) is 4.08. The van der Waals surface area contributed by atoms with Gasteiger partial charge in [-0.3, -0.25) is 9.78 Å². The first-order valence-electron chi connectivity index (χ1n) is 9.57. The lowest BCUT2D eigenvalue weighted by molar-refractivity contribution is -0.131. The molecule has 1 aliphatic carbocycles. The Morgan fingerprint density at radius 3 is 2.75 bits per heavy atom. The number of ether oxygens (including phenoxy) is 1. The molecular formula is C21H20N4O3. The van der Waals surface area contributed by atoms with E-state index in [-0.39, 0.29) is 17.9 Å². The highest BCUT2D eigenvalue weighted by Gasteiger charge is 2.37. The molecule has 142 valence electrons. The van der Waals surface area contributed by atoms with Crippen molar-refractivity contribution in [1.29, 1.82) is 0 Å². The van der Waals surface area contributed by atoms with E-state index in [0.717, 1.165) is 36.9 Å². The Kier molecular flexibility index (Phi) is 4.27. The van der Waals surface area contributed by atoms with Gasteiger partial charge in [-0.15, -0.1) is 0 Å². The molecule has 1 atom stereocenters. The van der Waals surface area contributed by atoms with Crippen molar-refractivity contribution in [2.24, 2.45) is 5.92 Å². The predicted octanol–water partition coefficient (Wildman–Crippen LogP) is 3.19. The number of nitrogens with zero attached hydrogens (tertiary/aromatic N) is 4. The molecule has 1 saturated carbocycles. The maximum Gasteiger partial charge on any atom is 0.262 e. The molecule has 3 aromatic rings. The highest BCUT2D eigenvalue weighted by molar-refractivity contribution is 5.81. The summed E-state index contributed by atoms with van der Waals surface area (Å²) in [4.78, 5) is 22.7. The fraction of sp³-hybridized carbons (Fsp3) is 0.333. The van der Waals surface area contributed by atoms with Crippen molar-refractivity contribution < 1.29 is 14.1 Å². The van der Waals surface area contributed by atoms with Gasteiger partial charge >= 0.3 is 0 Å². The van der Waals surface area contributed by atoms with Gasteiger partial charge in [0.05, 0.1) is 12.1 Å². The minimum Gasteiger partial charge on any atom is -0.488 e. The molecule has 1 amide bonds. The molecule has 7 nitrogen and oxygen atoms in total. The molecule has 1 saturated heterocycles. The first-order valence-corrected chi connectivity index (χ1v) is 9.57. The monoisotopic (exact) mass is 376 g/mol. The van der Waals surface area contributed by atoms with Crippen LogP contribution in [0.2, 0.25) is 0 Å². The quantitative estimate of drug-likeness (QED) is 0.680. The zero-order valence-corrected chi connectivity index (χ0v) is 15.3. The van der Waals surface area contributed by atoms with Crippen molar-refractivity contribution in [3.8, 4) is 28.6 Å². The summed E-state index contributed by atoms with van der Waals surface area (Å²) in [6.07, 6.45) is 6.25. The summed E-state index contributed by atoms with van der Waals surface area (Å²) in [6.45, 7) is 1.39. The fourth-order valence-corrected chi connectivity index (χ4v) is 3.49. The second kappa shape index (κ2) is 7.07. The number of benzene rings is 1. The first kappa shape index (κ1) is 16.9. The average molecular weight is 376 g/mol. The van der Waals surface area contributed by atoms with Crippen molar-refractivity contribution in [3.05, 3.63) is 48.8 Å². The predicted molar refractivity (Wildman–Crippen MR) is 101 cm³/mol. The van der Waals surface area contributed by atoms with Gasteiger partial charge in [0.25, 0.3) is 5.89 Å². The van der Waals surface area contributed by atoms with Gasteiger partial charge in [-0.05, 0) is 37.1 Å². The minimum absolute atomic E-state index is 0.0218. The average Bonchev–Trinajstić information content (AvgIpc) is 3.29. The van der Waals surface area contributed by atoms with Crippen molar-refractivity contribution in [2.75, 3.05) is 13.1 Å². The van der Waals surface area contributed by atoms with E-state index in [4.69, 9.17) is 9.26 Å². The Morgan fingerprint density at radius 2 is 1.93 bits per heavy atom. The number of hydrogen-bond acceptors (Lipinski definition) is 6. The number of amides is 1. The second-order valence-electron chi connectivity index (χ2n) is 7.24. The fourth-order valence-electron chi connectivity index (χ4n) is 3.49. The molecule has 1 unspecified atom stereocenters. The molecule has 0 radical (unpaired) electrons. The Morgan fingerprint density at radius 1 is 1.11 bits per heavy atom. The number of carbonyl (C=O) groups is 1. The number of likely N-dealkylation sites (tertiary alicyclic amines) is 1. The van der Waals surface area contributed by atoms with Crippen LogP contribution >= 0.6 is 0 Å². The lowest BCUT2D eigenvalue weighted by atomic mass is 10.2. The molecular weight excluding hydrogens is 356 g/mol. The summed E-state index contributed by atoms with van der Waals surface area (Å²) in [5.74, 6) is 2.13. The van der Waals surface area contributed by atoms with Gasteiger partial charge in [0.2, 0.25) is 11.7 Å². The van der Waals surface area contributed by atoms with Crippen molar-refractivity contribution in [1.82, 2.24) is 20.0 Å². The van der Waals surface area contributed by atoms with E-state index < -0.39 is 0 Å². The Balaban J connectivity index is 1.34. The molecule has 1 aromatic carbocycles. The van der Waals surface area contributed by atoms with Crippen LogP contribution in [-0.4, -0.2) is 45.1 Å². The molecule has 7 heteroatoms. The maximum atomic E-state index is 12.3. The summed E-state index contributed by atoms with van der Waals surface area (Å²) in [5.41, 5.74) is 1.59. The normalized spacial score (nSPS) is 19.0. The standard InChI is InChI=1S/C21H20N4O3/c26-21(15-5-6-15)25-12-9-16(13-25)27-18-4-2-1-3-17(18)20-23-19(24-28-20)14-7-10-22-11-8-14/h1-4,7-8,10-11,15-16H,5-6,9,12-13H2. The van der Waals surface area contributed by atoms with Crippen LogP contribution in [0.15, 0.2) is 53.3 Å². The molecule has 2 aliphatic rings. The lowest BCUT2D eigenvalue weighted by Crippen LogP contribution is -2.32. The van der Waals surface area contributed by atoms with Crippen molar-refractivity contribution >= 4 is 5.91 Å². The SMILES string of the molecule is O=C(C1CC1)N1CCC(Oc2ccccc2-c2nc(-c3ccncc3)no2)C1. The summed E-state index contributed by atoms with van der Waals surface area (Å²) in [6, 6.07) is 11.3. The van der Waals surface area contributed by atoms with E-state index in [1.54, 1.807) is 12.4 Å². The van der Waals surface area contributed by atoms with Crippen LogP contribution in [0.4, 0.5) is 0 Å². The molecule has 0 N–H and O–H groups in total. The highest BCUT2D eigenvalue weighted by atomic mass is 16.5. The van der Waals surface area contributed by atoms with Gasteiger partial charge in [-0.25, -0.2) is 0 Å². The van der Waals surface area contributed by atoms with Gasteiger partial charge < -0.3 is 14.2 Å². The number of hydrogen-bond donors (Lipinski definition) is 0. The topological polar surface area (TPSA) is 81.4 Å². The van der Waals surface area contributed by atoms with E-state index in [0.29, 0.717) is 24.0 Å². The van der Waals surface area contributed by atoms with Gasteiger partial charge in [0, 0.05) is 36.8 Å². The minimum atomic E-state index is -0.0218. The van der Waals surface area contributed by atoms with Crippen LogP contribution in [0, 0.1) is 5.92 Å². The number of pyridine rings is 1. The molecule has 0 spiro atoms. The van der Waals surface area contributed by atoms with E-state index in [1.807, 2.05) is 41.3 Å². The third kappa shape index (κ3) is 3.35. The third-order valence-electron chi connectivity index (χ3n) is 5.16. The van der Waals surface area contributed by atoms with E-state index >= 15 is 0 Å². The smallest absolute Gasteiger partial charge is 0.262 e. The zero-order valence-electron chi connectivity index (χ0n) is 15.3. The first-order chi connectivity index (χ1) is 13.8. The van der Waals surface area contributed by atoms with E-state index in [1.165, 1.54) is 0 Å². The second-order valence-corrected chi connectivity index (χ2v) is 7.24. The van der Waals surface area contributed by atoms with Crippen LogP contribution < -0.4 is 4.74 Å². The van der Waals surface area contributed by atoms with Crippen LogP contribution in [-0.2, 0) is 4.79 Å². The van der Waals surface area contributed by atoms with Crippen LogP contribution in [0.1, 0.15) is 19.3 Å². The maximum absolute atomic E-state index is 12.3. The van der Waals surface area contributed by atoms with Gasteiger partial charge in [0.1, 0.15) is 11.9 Å². The molecule has 3 heterocycles. The largest absolute Gasteiger partial charge is 0.488 e. The van der Waals surface area contributed by atoms with E-state index in [2.05, 4.69) is 15.1 Å². The van der Waals surface area contributed by atoms with Crippen LogP contribution in [0.25, 0.3) is 22.8 Å². The molecule has 5 rings (SSSR count). The van der Waals surface area contributed by atoms with Crippen LogP contribution in [0.5, 0.6) is 5.75 Å². The third-order valence-corrected chi connectivity index (χ3v) is 5.16. The van der Waals surface area contributed by atoms with Crippen molar-refractivity contribution in [2.45, 2.75) is 25.4 Å². The summed E-state index contributed by atoms with van der Waals surface area (Å²) < 4.78 is 11.7. The van der Waals surface area contributed by atoms with Crippen molar-refractivity contribution in [3.63, 3.8) is 0 Å². The summed E-state index contributed by atoms with van der Waals surface area (Å²) >= 11 is 0.